The molecule has 12 aromatic rings. The normalized spacial score (nSPS) is 12.8. The van der Waals surface area contributed by atoms with E-state index in [1.165, 1.54) is 0 Å². The highest BCUT2D eigenvalue weighted by Crippen LogP contribution is 2.52. The number of halogens is 2. The van der Waals surface area contributed by atoms with Gasteiger partial charge in [-0.2, -0.15) is 0 Å². The van der Waals surface area contributed by atoms with E-state index in [1.807, 2.05) is 222 Å². The van der Waals surface area contributed by atoms with Crippen LogP contribution in [-0.2, 0) is 0 Å². The first-order chi connectivity index (χ1) is 38.4. The van der Waals surface area contributed by atoms with E-state index >= 15 is 0 Å². The number of para-hydroxylation sites is 3. The van der Waals surface area contributed by atoms with Crippen molar-refractivity contribution in [3.8, 4) is 55.6 Å². The molecule has 5 heteroatoms. The molecule has 0 amide bonds. The second-order valence-electron chi connectivity index (χ2n) is 16.9. The van der Waals surface area contributed by atoms with E-state index in [2.05, 4.69) is 37.9 Å². The summed E-state index contributed by atoms with van der Waals surface area (Å²) in [5.41, 5.74) is 11.1. The maximum Gasteiger partial charge on any atom is 0.135 e. The van der Waals surface area contributed by atoms with Gasteiger partial charge in [0.25, 0.3) is 0 Å². The molecule has 0 saturated heterocycles. The van der Waals surface area contributed by atoms with Crippen LogP contribution in [0.15, 0.2) is 280 Å². The average molecular weight is 1050 g/mol. The van der Waals surface area contributed by atoms with Crippen molar-refractivity contribution in [2.45, 2.75) is 0 Å². The van der Waals surface area contributed by atoms with Crippen LogP contribution in [0.25, 0.3) is 77.6 Å². The Morgan fingerprint density at radius 3 is 1.18 bits per heavy atom. The Bertz CT molecular complexity index is 3940. The van der Waals surface area contributed by atoms with Crippen LogP contribution in [0, 0.1) is 0 Å². The lowest BCUT2D eigenvalue weighted by Gasteiger charge is -2.34. The molecule has 3 nitrogen and oxygen atoms in total. The third-order valence-electron chi connectivity index (χ3n) is 12.6. The molecule has 0 radical (unpaired) electrons. The molecule has 1 aromatic heterocycles. The Labute approximate surface area is 442 Å². The van der Waals surface area contributed by atoms with Gasteiger partial charge in [-0.05, 0) is 106 Å². The Morgan fingerprint density at radius 2 is 0.732 bits per heavy atom. The lowest BCUT2D eigenvalue weighted by molar-refractivity contribution is 0.669. The summed E-state index contributed by atoms with van der Waals surface area (Å²) < 4.78 is 82.7. The zero-order valence-corrected chi connectivity index (χ0v) is 41.0. The molecule has 0 fully saturated rings. The third kappa shape index (κ3) is 8.65. The molecular weight excluding hydrogens is 997 g/mol. The van der Waals surface area contributed by atoms with Crippen molar-refractivity contribution in [2.75, 3.05) is 9.80 Å². The van der Waals surface area contributed by atoms with Crippen molar-refractivity contribution in [1.82, 2.24) is 0 Å². The fraction of sp³-hybridized carbons (Fsp3) is 0. The van der Waals surface area contributed by atoms with E-state index in [0.717, 1.165) is 66.4 Å². The van der Waals surface area contributed by atoms with Gasteiger partial charge in [-0.1, -0.05) is 226 Å². The fourth-order valence-electron chi connectivity index (χ4n) is 9.48. The molecule has 71 heavy (non-hydrogen) atoms. The Hall–Kier alpha value is -8.22. The van der Waals surface area contributed by atoms with Crippen LogP contribution in [0.1, 0.15) is 11.0 Å². The van der Waals surface area contributed by atoms with Crippen LogP contribution in [0.5, 0.6) is 0 Å². The quantitative estimate of drug-likeness (QED) is 0.129. The molecule has 0 aliphatic rings. The number of hydrogen-bond donors (Lipinski definition) is 0. The van der Waals surface area contributed by atoms with E-state index in [-0.39, 0.29) is 68.7 Å². The van der Waals surface area contributed by atoms with Crippen LogP contribution >= 0.6 is 31.9 Å². The smallest absolute Gasteiger partial charge is 0.135 e. The predicted molar refractivity (Wildman–Crippen MR) is 306 cm³/mol. The molecule has 338 valence electrons. The number of rotatable bonds is 11. The highest BCUT2D eigenvalue weighted by molar-refractivity contribution is 9.10. The SMILES string of the molecule is [2H]c1c([2H])c(Br)c([2H])c(N(c2cc(-c3ccc4oc5ccccc5c4c3)cc(N(c3c(-c4ccccc4)cccc3-c3ccccc3)c3c([2H])c([2H])c([2H])c(Br)c3[2H])c2)c2c(-c3ccccc3)cccc2-c2ccccc2)c1[2H]. The molecular formula is C66H44Br2N2O. The van der Waals surface area contributed by atoms with E-state index in [1.54, 1.807) is 0 Å². The van der Waals surface area contributed by atoms with Gasteiger partial charge < -0.3 is 14.2 Å². The molecule has 12 rings (SSSR count). The third-order valence-corrected chi connectivity index (χ3v) is 13.4. The summed E-state index contributed by atoms with van der Waals surface area (Å²) in [6.45, 7) is 0. The maximum atomic E-state index is 9.97. The monoisotopic (exact) mass is 1050 g/mol. The summed E-state index contributed by atoms with van der Waals surface area (Å²) >= 11 is 7.08. The highest BCUT2D eigenvalue weighted by atomic mass is 79.9. The van der Waals surface area contributed by atoms with Crippen molar-refractivity contribution in [3.05, 3.63) is 276 Å². The van der Waals surface area contributed by atoms with Crippen molar-refractivity contribution < 1.29 is 15.4 Å². The minimum absolute atomic E-state index is 0.0196. The zero-order valence-electron chi connectivity index (χ0n) is 45.8. The molecule has 11 aromatic carbocycles. The first-order valence-electron chi connectivity index (χ1n) is 27.1. The summed E-state index contributed by atoms with van der Waals surface area (Å²) in [4.78, 5) is 3.69. The number of benzene rings is 11. The Kier molecular flexibility index (Phi) is 9.73. The van der Waals surface area contributed by atoms with E-state index in [4.69, 9.17) is 7.16 Å². The van der Waals surface area contributed by atoms with Crippen LogP contribution < -0.4 is 9.80 Å². The predicted octanol–water partition coefficient (Wildman–Crippen LogP) is 20.4. The molecule has 0 bridgehead atoms. The number of hydrogen-bond acceptors (Lipinski definition) is 3. The van der Waals surface area contributed by atoms with E-state index in [9.17, 15) is 8.22 Å². The topological polar surface area (TPSA) is 19.6 Å². The first kappa shape index (κ1) is 35.8. The van der Waals surface area contributed by atoms with Crippen LogP contribution in [-0.4, -0.2) is 0 Å². The molecule has 0 spiro atoms. The van der Waals surface area contributed by atoms with Crippen molar-refractivity contribution in [2.24, 2.45) is 0 Å². The highest BCUT2D eigenvalue weighted by Gasteiger charge is 2.27. The fourth-order valence-corrected chi connectivity index (χ4v) is 10.1. The van der Waals surface area contributed by atoms with Gasteiger partial charge in [0.2, 0.25) is 0 Å². The second-order valence-corrected chi connectivity index (χ2v) is 18.5. The van der Waals surface area contributed by atoms with Gasteiger partial charge in [0.1, 0.15) is 11.2 Å². The van der Waals surface area contributed by atoms with Gasteiger partial charge >= 0.3 is 0 Å². The van der Waals surface area contributed by atoms with Crippen LogP contribution in [0.2, 0.25) is 0 Å². The number of furan rings is 1. The molecule has 0 N–H and O–H groups in total. The number of fused-ring (bicyclic) bond motifs is 3. The van der Waals surface area contributed by atoms with E-state index < -0.39 is 0 Å². The first-order valence-corrected chi connectivity index (χ1v) is 24.6. The van der Waals surface area contributed by atoms with Gasteiger partial charge in [-0.15, -0.1) is 0 Å². The minimum atomic E-state index is -0.387. The Balaban J connectivity index is 1.29. The second kappa shape index (κ2) is 19.3. The lowest BCUT2D eigenvalue weighted by Crippen LogP contribution is -2.16. The van der Waals surface area contributed by atoms with Crippen LogP contribution in [0.3, 0.4) is 0 Å². The average Bonchev–Trinajstić information content (AvgIpc) is 3.97. The summed E-state index contributed by atoms with van der Waals surface area (Å²) in [5.74, 6) is 0. The minimum Gasteiger partial charge on any atom is -0.456 e. The largest absolute Gasteiger partial charge is 0.456 e. The van der Waals surface area contributed by atoms with Crippen molar-refractivity contribution in [1.29, 1.82) is 0 Å². The zero-order chi connectivity index (χ0) is 54.6. The molecule has 0 atom stereocenters. The lowest BCUT2D eigenvalue weighted by atomic mass is 9.93. The summed E-state index contributed by atoms with van der Waals surface area (Å²) in [6, 6.07) is 68.6. The summed E-state index contributed by atoms with van der Waals surface area (Å²) in [5, 5.41) is 1.77. The number of anilines is 6. The maximum absolute atomic E-state index is 9.97. The van der Waals surface area contributed by atoms with Crippen molar-refractivity contribution in [3.63, 3.8) is 0 Å². The Morgan fingerprint density at radius 1 is 0.324 bits per heavy atom. The summed E-state index contributed by atoms with van der Waals surface area (Å²) in [6.07, 6.45) is 0. The van der Waals surface area contributed by atoms with Gasteiger partial charge in [-0.25, -0.2) is 0 Å². The molecule has 1 heterocycles. The standard InChI is InChI=1S/C66H44Br2N2O/c67-51-27-15-29-53(42-51)69(65-57(45-19-5-1-6-20-45)32-17-33-58(65)46-21-7-2-8-22-46)55-39-50(49-37-38-64-62(41-49)61-31-13-14-36-63(61)71-64)40-56(44-55)70(54-30-16-28-52(68)43-54)66-59(47-23-9-3-10-24-47)34-18-35-60(66)48-25-11-4-12-26-48/h1-44H/i15D,16D,27D,28D,29D,30D,42D,43D. The van der Waals surface area contributed by atoms with Gasteiger partial charge in [0, 0.05) is 64.7 Å². The molecule has 0 unspecified atom stereocenters. The van der Waals surface area contributed by atoms with Gasteiger partial charge in [0.15, 0.2) is 0 Å². The number of nitrogens with zero attached hydrogens (tertiary/aromatic N) is 2. The van der Waals surface area contributed by atoms with Crippen molar-refractivity contribution >= 4 is 87.9 Å². The van der Waals surface area contributed by atoms with E-state index in [0.29, 0.717) is 33.9 Å². The van der Waals surface area contributed by atoms with Crippen LogP contribution in [0.4, 0.5) is 34.1 Å². The van der Waals surface area contributed by atoms with Gasteiger partial charge in [0.05, 0.1) is 22.3 Å². The van der Waals surface area contributed by atoms with Gasteiger partial charge in [-0.3, -0.25) is 0 Å². The molecule has 0 aliphatic heterocycles. The summed E-state index contributed by atoms with van der Waals surface area (Å²) in [7, 11) is 0. The molecule has 0 aliphatic carbocycles. The molecule has 0 saturated carbocycles.